The fraction of sp³-hybridized carbons (Fsp3) is 0.400. The van der Waals surface area contributed by atoms with Gasteiger partial charge in [0.05, 0.1) is 5.92 Å². The highest BCUT2D eigenvalue weighted by Gasteiger charge is 2.22. The van der Waals surface area contributed by atoms with Gasteiger partial charge in [-0.25, -0.2) is 0 Å². The Morgan fingerprint density at radius 3 is 2.13 bits per heavy atom. The van der Waals surface area contributed by atoms with Crippen LogP contribution in [0.3, 0.4) is 0 Å². The molecule has 2 amide bonds. The maximum absolute atomic E-state index is 11.1. The van der Waals surface area contributed by atoms with E-state index in [0.29, 0.717) is 6.42 Å². The Morgan fingerprint density at radius 2 is 1.67 bits per heavy atom. The standard InChI is InChI=1S/C10H9NO4/c12-6-8(7-13)2-1-5-11-9(14)3-4-10(11)15/h3-4,8H,1-2,5H2. The summed E-state index contributed by atoms with van der Waals surface area (Å²) in [7, 11) is 0. The van der Waals surface area contributed by atoms with Gasteiger partial charge in [-0.05, 0) is 12.8 Å². The molecule has 78 valence electrons. The minimum atomic E-state index is -0.884. The Hall–Kier alpha value is -1.78. The quantitative estimate of drug-likeness (QED) is 0.436. The third-order valence-corrected chi connectivity index (χ3v) is 2.06. The van der Waals surface area contributed by atoms with Crippen molar-refractivity contribution in [2.45, 2.75) is 12.8 Å². The molecule has 0 spiro atoms. The molecule has 0 aromatic rings. The van der Waals surface area contributed by atoms with Crippen LogP contribution in [0.4, 0.5) is 0 Å². The molecule has 0 aromatic heterocycles. The first-order valence-electron chi connectivity index (χ1n) is 4.48. The second-order valence-corrected chi connectivity index (χ2v) is 3.09. The highest BCUT2D eigenvalue weighted by molar-refractivity contribution is 6.12. The molecule has 1 rings (SSSR count). The maximum atomic E-state index is 11.1. The molecule has 0 saturated carbocycles. The van der Waals surface area contributed by atoms with E-state index in [4.69, 9.17) is 0 Å². The van der Waals surface area contributed by atoms with Crippen molar-refractivity contribution in [1.82, 2.24) is 4.90 Å². The molecular weight excluding hydrogens is 198 g/mol. The van der Waals surface area contributed by atoms with Gasteiger partial charge in [0.2, 0.25) is 12.6 Å². The summed E-state index contributed by atoms with van der Waals surface area (Å²) in [6.45, 7) is 0.213. The number of rotatable bonds is 6. The van der Waals surface area contributed by atoms with Crippen molar-refractivity contribution in [3.63, 3.8) is 0 Å². The van der Waals surface area contributed by atoms with Crippen molar-refractivity contribution in [3.05, 3.63) is 12.2 Å². The lowest BCUT2D eigenvalue weighted by molar-refractivity contribution is -0.136. The monoisotopic (exact) mass is 207 g/mol. The number of nitrogens with zero attached hydrogens (tertiary/aromatic N) is 1. The molecule has 5 heteroatoms. The Morgan fingerprint density at radius 1 is 1.13 bits per heavy atom. The van der Waals surface area contributed by atoms with E-state index < -0.39 is 5.92 Å². The van der Waals surface area contributed by atoms with Crippen molar-refractivity contribution < 1.29 is 19.2 Å². The van der Waals surface area contributed by atoms with Crippen LogP contribution in [0.5, 0.6) is 0 Å². The number of hydrogen-bond acceptors (Lipinski definition) is 4. The van der Waals surface area contributed by atoms with Gasteiger partial charge in [0, 0.05) is 18.7 Å². The summed E-state index contributed by atoms with van der Waals surface area (Å²) in [4.78, 5) is 43.5. The zero-order chi connectivity index (χ0) is 11.3. The van der Waals surface area contributed by atoms with Gasteiger partial charge in [0.1, 0.15) is 0 Å². The predicted octanol–water partition coefficient (Wildman–Crippen LogP) is -0.473. The van der Waals surface area contributed by atoms with Crippen molar-refractivity contribution >= 4 is 24.4 Å². The van der Waals surface area contributed by atoms with Gasteiger partial charge >= 0.3 is 0 Å². The van der Waals surface area contributed by atoms with E-state index in [0.717, 1.165) is 4.90 Å². The molecule has 0 atom stereocenters. The summed E-state index contributed by atoms with van der Waals surface area (Å²) in [5.41, 5.74) is 0. The molecule has 0 aliphatic carbocycles. The van der Waals surface area contributed by atoms with E-state index in [9.17, 15) is 19.2 Å². The topological polar surface area (TPSA) is 71.5 Å². The van der Waals surface area contributed by atoms with E-state index in [1.807, 2.05) is 0 Å². The molecule has 2 radical (unpaired) electrons. The minimum Gasteiger partial charge on any atom is -0.290 e. The van der Waals surface area contributed by atoms with Gasteiger partial charge in [-0.3, -0.25) is 24.1 Å². The van der Waals surface area contributed by atoms with Crippen LogP contribution in [-0.4, -0.2) is 35.8 Å². The van der Waals surface area contributed by atoms with Crippen LogP contribution in [-0.2, 0) is 19.2 Å². The molecule has 0 aromatic carbocycles. The molecule has 0 bridgehead atoms. The summed E-state index contributed by atoms with van der Waals surface area (Å²) < 4.78 is 0. The lowest BCUT2D eigenvalue weighted by atomic mass is 10.1. The normalized spacial score (nSPS) is 15.1. The summed E-state index contributed by atoms with van der Waals surface area (Å²) in [6, 6.07) is 0. The number of amides is 2. The van der Waals surface area contributed by atoms with Crippen LogP contribution in [0.15, 0.2) is 12.2 Å². The summed E-state index contributed by atoms with van der Waals surface area (Å²) in [5, 5.41) is 0. The van der Waals surface area contributed by atoms with Crippen molar-refractivity contribution in [2.24, 2.45) is 5.92 Å². The Labute approximate surface area is 86.7 Å². The molecule has 0 fully saturated rings. The molecule has 1 heterocycles. The molecule has 0 N–H and O–H groups in total. The van der Waals surface area contributed by atoms with Gasteiger partial charge in [-0.1, -0.05) is 0 Å². The van der Waals surface area contributed by atoms with Crippen LogP contribution < -0.4 is 0 Å². The largest absolute Gasteiger partial charge is 0.290 e. The first-order chi connectivity index (χ1) is 7.19. The van der Waals surface area contributed by atoms with Gasteiger partial charge in [-0.2, -0.15) is 0 Å². The average molecular weight is 207 g/mol. The second-order valence-electron chi connectivity index (χ2n) is 3.09. The van der Waals surface area contributed by atoms with Gasteiger partial charge in [-0.15, -0.1) is 0 Å². The van der Waals surface area contributed by atoms with Crippen LogP contribution in [0, 0.1) is 5.92 Å². The highest BCUT2D eigenvalue weighted by Crippen LogP contribution is 2.07. The Bertz CT molecular complexity index is 295. The molecule has 0 saturated heterocycles. The summed E-state index contributed by atoms with van der Waals surface area (Å²) >= 11 is 0. The highest BCUT2D eigenvalue weighted by atomic mass is 16.2. The molecule has 1 aliphatic heterocycles. The van der Waals surface area contributed by atoms with Crippen molar-refractivity contribution in [1.29, 1.82) is 0 Å². The molecule has 5 nitrogen and oxygen atoms in total. The zero-order valence-electron chi connectivity index (χ0n) is 7.93. The third kappa shape index (κ3) is 2.83. The van der Waals surface area contributed by atoms with E-state index in [1.165, 1.54) is 24.7 Å². The second kappa shape index (κ2) is 5.19. The summed E-state index contributed by atoms with van der Waals surface area (Å²) in [5.74, 6) is -1.60. The number of carbonyl (C=O) groups is 2. The van der Waals surface area contributed by atoms with Gasteiger partial charge in [0.15, 0.2) is 0 Å². The van der Waals surface area contributed by atoms with E-state index in [2.05, 4.69) is 0 Å². The van der Waals surface area contributed by atoms with E-state index in [1.54, 1.807) is 0 Å². The first-order valence-corrected chi connectivity index (χ1v) is 4.48. The van der Waals surface area contributed by atoms with E-state index in [-0.39, 0.29) is 24.8 Å². The Balaban J connectivity index is 2.32. The molecule has 15 heavy (non-hydrogen) atoms. The average Bonchev–Trinajstić information content (AvgIpc) is 2.55. The van der Waals surface area contributed by atoms with Crippen molar-refractivity contribution in [2.75, 3.05) is 6.54 Å². The Kier molecular flexibility index (Phi) is 3.91. The zero-order valence-corrected chi connectivity index (χ0v) is 7.93. The SMILES string of the molecule is O=[C]C([C]=O)CCCN1C(=O)C=CC1=O. The van der Waals surface area contributed by atoms with Gasteiger partial charge in [0.25, 0.3) is 11.8 Å². The van der Waals surface area contributed by atoms with Crippen LogP contribution in [0.25, 0.3) is 0 Å². The van der Waals surface area contributed by atoms with E-state index >= 15 is 0 Å². The van der Waals surface area contributed by atoms with Crippen molar-refractivity contribution in [3.8, 4) is 0 Å². The fourth-order valence-corrected chi connectivity index (χ4v) is 1.25. The lowest BCUT2D eigenvalue weighted by Gasteiger charge is -2.13. The number of hydrogen-bond donors (Lipinski definition) is 0. The number of imide groups is 1. The smallest absolute Gasteiger partial charge is 0.253 e. The number of carbonyl (C=O) groups excluding carboxylic acids is 4. The maximum Gasteiger partial charge on any atom is 0.253 e. The van der Waals surface area contributed by atoms with Crippen LogP contribution >= 0.6 is 0 Å². The summed E-state index contributed by atoms with van der Waals surface area (Å²) in [6.07, 6.45) is 6.08. The molecule has 1 aliphatic rings. The molecule has 0 unspecified atom stereocenters. The minimum absolute atomic E-state index is 0.213. The van der Waals surface area contributed by atoms with Crippen LogP contribution in [0.1, 0.15) is 12.8 Å². The lowest BCUT2D eigenvalue weighted by Crippen LogP contribution is -2.31. The predicted molar refractivity (Wildman–Crippen MR) is 50.0 cm³/mol. The third-order valence-electron chi connectivity index (χ3n) is 2.06. The molecular formula is C10H9NO4. The first kappa shape index (κ1) is 11.3. The van der Waals surface area contributed by atoms with Gasteiger partial charge < -0.3 is 0 Å². The fourth-order valence-electron chi connectivity index (χ4n) is 1.25. The van der Waals surface area contributed by atoms with Crippen LogP contribution in [0.2, 0.25) is 0 Å².